The summed E-state index contributed by atoms with van der Waals surface area (Å²) in [7, 11) is 1.38. The summed E-state index contributed by atoms with van der Waals surface area (Å²) in [5, 5.41) is 30.7. The molecular formula is C26H20BrFN4O5S3. The Morgan fingerprint density at radius 3 is 2.55 bits per heavy atom. The average Bonchev–Trinajstić information content (AvgIpc) is 3.60. The molecule has 1 aliphatic rings. The van der Waals surface area contributed by atoms with E-state index >= 15 is 0 Å². The van der Waals surface area contributed by atoms with Gasteiger partial charge in [0.2, 0.25) is 10.9 Å². The number of anilines is 1. The first-order chi connectivity index (χ1) is 19.1. The van der Waals surface area contributed by atoms with E-state index in [1.807, 2.05) is 0 Å². The van der Waals surface area contributed by atoms with Gasteiger partial charge in [0, 0.05) is 5.75 Å². The Kier molecular flexibility index (Phi) is 7.95. The number of ketones is 1. The number of aromatic nitrogens is 3. The lowest BCUT2D eigenvalue weighted by atomic mass is 9.95. The number of nitrogens with zero attached hydrogens (tertiary/aromatic N) is 4. The number of ether oxygens (including phenoxy) is 1. The largest absolute Gasteiger partial charge is 0.503 e. The normalized spacial score (nSPS) is 15.3. The Hall–Kier alpha value is -3.33. The number of phenolic OH excluding ortho intramolecular Hbond substituents is 1. The number of halogens is 2. The summed E-state index contributed by atoms with van der Waals surface area (Å²) in [6.45, 7) is 3.45. The van der Waals surface area contributed by atoms with E-state index in [1.54, 1.807) is 32.0 Å². The third-order valence-corrected chi connectivity index (χ3v) is 9.83. The summed E-state index contributed by atoms with van der Waals surface area (Å²) in [5.74, 6) is -1.96. The second-order valence-electron chi connectivity index (χ2n) is 8.64. The van der Waals surface area contributed by atoms with Gasteiger partial charge in [0.25, 0.3) is 5.91 Å². The Morgan fingerprint density at radius 2 is 1.90 bits per heavy atom. The van der Waals surface area contributed by atoms with Crippen molar-refractivity contribution in [1.29, 1.82) is 0 Å². The van der Waals surface area contributed by atoms with E-state index < -0.39 is 23.5 Å². The van der Waals surface area contributed by atoms with E-state index in [4.69, 9.17) is 4.74 Å². The van der Waals surface area contributed by atoms with Gasteiger partial charge >= 0.3 is 0 Å². The molecule has 206 valence electrons. The molecule has 2 aromatic carbocycles. The molecule has 14 heteroatoms. The summed E-state index contributed by atoms with van der Waals surface area (Å²) >= 11 is 6.93. The Labute approximate surface area is 248 Å². The van der Waals surface area contributed by atoms with Crippen LogP contribution in [0.3, 0.4) is 0 Å². The van der Waals surface area contributed by atoms with Gasteiger partial charge in [-0.05, 0) is 65.2 Å². The number of hydrogen-bond acceptors (Lipinski definition) is 11. The molecule has 4 aromatic rings. The van der Waals surface area contributed by atoms with Gasteiger partial charge in [-0.3, -0.25) is 14.5 Å². The average molecular weight is 664 g/mol. The molecule has 2 aromatic heterocycles. The van der Waals surface area contributed by atoms with Gasteiger partial charge in [0.1, 0.15) is 5.82 Å². The van der Waals surface area contributed by atoms with Crippen molar-refractivity contribution in [2.45, 2.75) is 30.0 Å². The van der Waals surface area contributed by atoms with E-state index in [-0.39, 0.29) is 32.5 Å². The number of aromatic hydroxyl groups is 1. The van der Waals surface area contributed by atoms with Gasteiger partial charge in [-0.15, -0.1) is 21.5 Å². The maximum absolute atomic E-state index is 13.8. The number of phenols is 1. The molecular weight excluding hydrogens is 643 g/mol. The summed E-state index contributed by atoms with van der Waals surface area (Å²) in [4.78, 5) is 33.2. The number of hydrogen-bond donors (Lipinski definition) is 2. The van der Waals surface area contributed by atoms with Crippen molar-refractivity contribution in [3.8, 4) is 11.5 Å². The molecule has 1 atom stereocenters. The van der Waals surface area contributed by atoms with Crippen LogP contribution in [-0.2, 0) is 10.5 Å². The number of benzene rings is 2. The number of amides is 1. The van der Waals surface area contributed by atoms with Crippen LogP contribution in [0.15, 0.2) is 56.5 Å². The fourth-order valence-electron chi connectivity index (χ4n) is 4.21. The smallest absolute Gasteiger partial charge is 0.296 e. The molecule has 0 bridgehead atoms. The monoisotopic (exact) mass is 662 g/mol. The molecule has 9 nitrogen and oxygen atoms in total. The lowest BCUT2D eigenvalue weighted by molar-refractivity contribution is -0.117. The molecule has 2 N–H and O–H groups in total. The zero-order valence-corrected chi connectivity index (χ0v) is 25.2. The fourth-order valence-corrected chi connectivity index (χ4v) is 7.36. The minimum absolute atomic E-state index is 0.104. The predicted molar refractivity (Wildman–Crippen MR) is 154 cm³/mol. The number of carbonyl (C=O) groups excluding carboxylic acids is 2. The first-order valence-electron chi connectivity index (χ1n) is 11.6. The highest BCUT2D eigenvalue weighted by Gasteiger charge is 2.47. The summed E-state index contributed by atoms with van der Waals surface area (Å²) in [6, 6.07) is 8.02. The number of rotatable bonds is 8. The summed E-state index contributed by atoms with van der Waals surface area (Å²) in [6.07, 6.45) is 0. The van der Waals surface area contributed by atoms with Crippen molar-refractivity contribution < 1.29 is 28.9 Å². The Morgan fingerprint density at radius 1 is 1.18 bits per heavy atom. The summed E-state index contributed by atoms with van der Waals surface area (Å²) in [5.41, 5.74) is 1.60. The van der Waals surface area contributed by atoms with Gasteiger partial charge in [-0.1, -0.05) is 35.2 Å². The molecule has 0 aliphatic carbocycles. The maximum atomic E-state index is 13.8. The molecule has 0 spiro atoms. The van der Waals surface area contributed by atoms with E-state index in [0.29, 0.717) is 31.2 Å². The first-order valence-corrected chi connectivity index (χ1v) is 15.0. The van der Waals surface area contributed by atoms with Gasteiger partial charge < -0.3 is 14.9 Å². The third-order valence-electron chi connectivity index (χ3n) is 6.03. The zero-order valence-electron chi connectivity index (χ0n) is 21.1. The van der Waals surface area contributed by atoms with Crippen molar-refractivity contribution in [3.05, 3.63) is 84.7 Å². The molecule has 5 rings (SSSR count). The van der Waals surface area contributed by atoms with Crippen molar-refractivity contribution in [2.24, 2.45) is 0 Å². The van der Waals surface area contributed by atoms with Gasteiger partial charge in [-0.25, -0.2) is 9.37 Å². The fraction of sp³-hybridized carbons (Fsp3) is 0.192. The van der Waals surface area contributed by atoms with E-state index in [2.05, 4.69) is 31.1 Å². The maximum Gasteiger partial charge on any atom is 0.296 e. The second kappa shape index (κ2) is 11.3. The van der Waals surface area contributed by atoms with Crippen LogP contribution in [0.25, 0.3) is 0 Å². The van der Waals surface area contributed by atoms with Crippen LogP contribution in [0, 0.1) is 19.7 Å². The number of methoxy groups -OCH3 is 1. The van der Waals surface area contributed by atoms with Crippen molar-refractivity contribution in [2.75, 3.05) is 12.0 Å². The minimum atomic E-state index is -1.10. The molecule has 1 unspecified atom stereocenters. The molecule has 3 heterocycles. The number of aryl methyl sites for hydroxylation is 2. The number of aliphatic hydroxyl groups is 1. The zero-order chi connectivity index (χ0) is 28.7. The molecule has 0 saturated carbocycles. The van der Waals surface area contributed by atoms with Crippen LogP contribution in [0.1, 0.15) is 37.5 Å². The molecule has 40 heavy (non-hydrogen) atoms. The van der Waals surface area contributed by atoms with Crippen LogP contribution in [0.5, 0.6) is 11.5 Å². The highest BCUT2D eigenvalue weighted by Crippen LogP contribution is 2.47. The quantitative estimate of drug-likeness (QED) is 0.127. The topological polar surface area (TPSA) is 126 Å². The van der Waals surface area contributed by atoms with Gasteiger partial charge in [-0.2, -0.15) is 0 Å². The number of carbonyl (C=O) groups is 2. The van der Waals surface area contributed by atoms with Crippen molar-refractivity contribution in [1.82, 2.24) is 15.2 Å². The molecule has 0 radical (unpaired) electrons. The van der Waals surface area contributed by atoms with Crippen LogP contribution in [0.2, 0.25) is 0 Å². The molecule has 0 saturated heterocycles. The minimum Gasteiger partial charge on any atom is -0.503 e. The third kappa shape index (κ3) is 5.23. The number of thioether (sulfide) groups is 1. The standard InChI is InChI=1S/C26H20BrFN4O5S3/c1-11-23(39-12(2)29-11)21(34)18-19(14-8-16(27)20(33)17(9-14)37-3)32(24(36)22(18)35)25-30-31-26(40-25)38-10-13-4-6-15(28)7-5-13/h4-9,19,33,35H,10H2,1-3H3. The predicted octanol–water partition coefficient (Wildman–Crippen LogP) is 6.30. The van der Waals surface area contributed by atoms with Crippen LogP contribution in [-0.4, -0.2) is 44.2 Å². The molecule has 1 aliphatic heterocycles. The number of Topliss-reactive ketones (excluding diaryl/α,β-unsaturated/α-hetero) is 1. The summed E-state index contributed by atoms with van der Waals surface area (Å²) < 4.78 is 19.3. The van der Waals surface area contributed by atoms with Crippen molar-refractivity contribution in [3.63, 3.8) is 0 Å². The van der Waals surface area contributed by atoms with E-state index in [9.17, 15) is 24.2 Å². The lowest BCUT2D eigenvalue weighted by Gasteiger charge is -2.24. The van der Waals surface area contributed by atoms with E-state index in [1.165, 1.54) is 53.3 Å². The molecule has 1 amide bonds. The first kappa shape index (κ1) is 28.2. The second-order valence-corrected chi connectivity index (χ2v) is 12.9. The highest BCUT2D eigenvalue weighted by atomic mass is 79.9. The Bertz CT molecular complexity index is 1670. The van der Waals surface area contributed by atoms with Crippen LogP contribution >= 0.6 is 50.4 Å². The highest BCUT2D eigenvalue weighted by molar-refractivity contribution is 9.10. The van der Waals surface area contributed by atoms with Crippen LogP contribution in [0.4, 0.5) is 9.52 Å². The van der Waals surface area contributed by atoms with Crippen molar-refractivity contribution >= 4 is 67.2 Å². The Balaban J connectivity index is 1.56. The number of aliphatic hydroxyl groups excluding tert-OH is 1. The SMILES string of the molecule is COc1cc(C2C(C(=O)c3sc(C)nc3C)=C(O)C(=O)N2c2nnc(SCc3ccc(F)cc3)s2)cc(Br)c1O. The molecule has 0 fully saturated rings. The van der Waals surface area contributed by atoms with Crippen LogP contribution < -0.4 is 9.64 Å². The number of thiazole rings is 1. The lowest BCUT2D eigenvalue weighted by Crippen LogP contribution is -2.31. The van der Waals surface area contributed by atoms with Gasteiger partial charge in [0.05, 0.1) is 38.8 Å². The van der Waals surface area contributed by atoms with E-state index in [0.717, 1.165) is 16.9 Å². The van der Waals surface area contributed by atoms with Gasteiger partial charge in [0.15, 0.2) is 21.6 Å².